The lowest BCUT2D eigenvalue weighted by atomic mass is 9.93. The fourth-order valence-corrected chi connectivity index (χ4v) is 1.23. The molecule has 4 nitrogen and oxygen atoms in total. The number of hydrogen-bond acceptors (Lipinski definition) is 3. The average Bonchev–Trinajstić information content (AvgIpc) is 2.24. The third-order valence-corrected chi connectivity index (χ3v) is 2.82. The SMILES string of the molecule is CC[C@H](N)C(=O)NC(CC)(CC)CO. The molecule has 14 heavy (non-hydrogen) atoms. The Kier molecular flexibility index (Phi) is 5.72. The van der Waals surface area contributed by atoms with E-state index in [4.69, 9.17) is 5.73 Å². The first-order valence-electron chi connectivity index (χ1n) is 5.23. The second-order valence-electron chi connectivity index (χ2n) is 3.65. The molecule has 0 aliphatic rings. The molecule has 0 saturated heterocycles. The van der Waals surface area contributed by atoms with Crippen LogP contribution in [0.1, 0.15) is 40.0 Å². The van der Waals surface area contributed by atoms with Crippen molar-refractivity contribution >= 4 is 5.91 Å². The monoisotopic (exact) mass is 202 g/mol. The molecular weight excluding hydrogens is 180 g/mol. The molecule has 0 fully saturated rings. The molecule has 84 valence electrons. The molecule has 0 aliphatic heterocycles. The third kappa shape index (κ3) is 3.27. The first kappa shape index (κ1) is 13.4. The predicted octanol–water partition coefficient (Wildman–Crippen LogP) is 0.391. The highest BCUT2D eigenvalue weighted by Crippen LogP contribution is 2.14. The van der Waals surface area contributed by atoms with E-state index < -0.39 is 11.6 Å². The summed E-state index contributed by atoms with van der Waals surface area (Å²) in [6, 6.07) is -0.473. The number of aliphatic hydroxyl groups is 1. The number of carbonyl (C=O) groups excluding carboxylic acids is 1. The quantitative estimate of drug-likeness (QED) is 0.583. The van der Waals surface area contributed by atoms with Gasteiger partial charge < -0.3 is 16.2 Å². The van der Waals surface area contributed by atoms with E-state index in [1.807, 2.05) is 20.8 Å². The molecule has 4 N–H and O–H groups in total. The molecule has 0 bridgehead atoms. The van der Waals surface area contributed by atoms with Crippen LogP contribution in [-0.2, 0) is 4.79 Å². The normalized spacial score (nSPS) is 13.8. The molecule has 0 spiro atoms. The minimum absolute atomic E-state index is 0.0395. The summed E-state index contributed by atoms with van der Waals surface area (Å²) < 4.78 is 0. The van der Waals surface area contributed by atoms with Crippen molar-refractivity contribution in [1.82, 2.24) is 5.32 Å². The van der Waals surface area contributed by atoms with E-state index in [0.29, 0.717) is 19.3 Å². The molecular formula is C10H22N2O2. The van der Waals surface area contributed by atoms with Crippen LogP contribution in [0.25, 0.3) is 0 Å². The summed E-state index contributed by atoms with van der Waals surface area (Å²) >= 11 is 0. The number of amides is 1. The highest BCUT2D eigenvalue weighted by molar-refractivity contribution is 5.82. The van der Waals surface area contributed by atoms with Gasteiger partial charge in [0.05, 0.1) is 18.2 Å². The minimum Gasteiger partial charge on any atom is -0.394 e. The summed E-state index contributed by atoms with van der Waals surface area (Å²) in [7, 11) is 0. The molecule has 0 saturated carbocycles. The van der Waals surface area contributed by atoms with Gasteiger partial charge in [-0.25, -0.2) is 0 Å². The van der Waals surface area contributed by atoms with Crippen LogP contribution < -0.4 is 11.1 Å². The van der Waals surface area contributed by atoms with Crippen LogP contribution in [0.4, 0.5) is 0 Å². The van der Waals surface area contributed by atoms with Gasteiger partial charge in [0.15, 0.2) is 0 Å². The van der Waals surface area contributed by atoms with E-state index in [1.54, 1.807) is 0 Å². The number of nitrogens with one attached hydrogen (secondary N) is 1. The molecule has 0 aliphatic carbocycles. The zero-order chi connectivity index (χ0) is 11.2. The van der Waals surface area contributed by atoms with Crippen molar-refractivity contribution in [2.24, 2.45) is 5.73 Å². The second-order valence-corrected chi connectivity index (χ2v) is 3.65. The Morgan fingerprint density at radius 1 is 1.43 bits per heavy atom. The molecule has 0 unspecified atom stereocenters. The second kappa shape index (κ2) is 5.98. The topological polar surface area (TPSA) is 75.4 Å². The zero-order valence-electron chi connectivity index (χ0n) is 9.34. The first-order chi connectivity index (χ1) is 6.55. The van der Waals surface area contributed by atoms with Gasteiger partial charge in [0.25, 0.3) is 0 Å². The third-order valence-electron chi connectivity index (χ3n) is 2.82. The summed E-state index contributed by atoms with van der Waals surface area (Å²) in [5.41, 5.74) is 5.10. The fraction of sp³-hybridized carbons (Fsp3) is 0.900. The Bertz CT molecular complexity index is 171. The Hall–Kier alpha value is -0.610. The van der Waals surface area contributed by atoms with Crippen molar-refractivity contribution in [2.45, 2.75) is 51.6 Å². The summed E-state index contributed by atoms with van der Waals surface area (Å²) in [5, 5.41) is 12.0. The van der Waals surface area contributed by atoms with E-state index in [0.717, 1.165) is 0 Å². The van der Waals surface area contributed by atoms with Crippen LogP contribution in [0.15, 0.2) is 0 Å². The maximum Gasteiger partial charge on any atom is 0.237 e. The van der Waals surface area contributed by atoms with Crippen molar-refractivity contribution < 1.29 is 9.90 Å². The van der Waals surface area contributed by atoms with Gasteiger partial charge in [0.2, 0.25) is 5.91 Å². The molecule has 0 aromatic heterocycles. The van der Waals surface area contributed by atoms with Gasteiger partial charge in [0.1, 0.15) is 0 Å². The van der Waals surface area contributed by atoms with Gasteiger partial charge in [-0.3, -0.25) is 4.79 Å². The molecule has 0 aromatic rings. The number of aliphatic hydroxyl groups excluding tert-OH is 1. The standard InChI is InChI=1S/C10H22N2O2/c1-4-8(11)9(14)12-10(5-2,6-3)7-13/h8,13H,4-7,11H2,1-3H3,(H,12,14)/t8-/m0/s1. The van der Waals surface area contributed by atoms with Crippen molar-refractivity contribution in [3.05, 3.63) is 0 Å². The highest BCUT2D eigenvalue weighted by Gasteiger charge is 2.28. The van der Waals surface area contributed by atoms with E-state index >= 15 is 0 Å². The lowest BCUT2D eigenvalue weighted by molar-refractivity contribution is -0.125. The van der Waals surface area contributed by atoms with Crippen LogP contribution in [0.2, 0.25) is 0 Å². The number of rotatable bonds is 6. The molecule has 4 heteroatoms. The Morgan fingerprint density at radius 3 is 2.21 bits per heavy atom. The van der Waals surface area contributed by atoms with Crippen LogP contribution in [0, 0.1) is 0 Å². The summed E-state index contributed by atoms with van der Waals surface area (Å²) in [5.74, 6) is -0.176. The van der Waals surface area contributed by atoms with Crippen molar-refractivity contribution in [3.8, 4) is 0 Å². The molecule has 0 aromatic carbocycles. The van der Waals surface area contributed by atoms with Crippen LogP contribution in [0.5, 0.6) is 0 Å². The largest absolute Gasteiger partial charge is 0.394 e. The van der Waals surface area contributed by atoms with Crippen molar-refractivity contribution in [2.75, 3.05) is 6.61 Å². The fourth-order valence-electron chi connectivity index (χ4n) is 1.23. The molecule has 0 radical (unpaired) electrons. The zero-order valence-corrected chi connectivity index (χ0v) is 9.34. The Labute approximate surface area is 85.9 Å². The number of nitrogens with two attached hydrogens (primary N) is 1. The van der Waals surface area contributed by atoms with Crippen molar-refractivity contribution in [3.63, 3.8) is 0 Å². The van der Waals surface area contributed by atoms with E-state index in [9.17, 15) is 9.90 Å². The summed E-state index contributed by atoms with van der Waals surface area (Å²) in [4.78, 5) is 11.5. The van der Waals surface area contributed by atoms with Gasteiger partial charge in [-0.15, -0.1) is 0 Å². The van der Waals surface area contributed by atoms with Crippen LogP contribution >= 0.6 is 0 Å². The molecule has 0 rings (SSSR count). The smallest absolute Gasteiger partial charge is 0.237 e. The lowest BCUT2D eigenvalue weighted by Gasteiger charge is -2.31. The predicted molar refractivity (Wildman–Crippen MR) is 56.8 cm³/mol. The van der Waals surface area contributed by atoms with Crippen LogP contribution in [-0.4, -0.2) is 29.2 Å². The highest BCUT2D eigenvalue weighted by atomic mass is 16.3. The summed E-state index contributed by atoms with van der Waals surface area (Å²) in [6.07, 6.45) is 2.03. The van der Waals surface area contributed by atoms with Gasteiger partial charge in [0, 0.05) is 0 Å². The minimum atomic E-state index is -0.496. The number of carbonyl (C=O) groups is 1. The first-order valence-corrected chi connectivity index (χ1v) is 5.23. The molecule has 1 amide bonds. The van der Waals surface area contributed by atoms with Gasteiger partial charge >= 0.3 is 0 Å². The van der Waals surface area contributed by atoms with Crippen LogP contribution in [0.3, 0.4) is 0 Å². The number of hydrogen-bond donors (Lipinski definition) is 3. The molecule has 1 atom stereocenters. The lowest BCUT2D eigenvalue weighted by Crippen LogP contribution is -2.55. The maximum absolute atomic E-state index is 11.5. The maximum atomic E-state index is 11.5. The van der Waals surface area contributed by atoms with E-state index in [1.165, 1.54) is 0 Å². The Balaban J connectivity index is 4.37. The van der Waals surface area contributed by atoms with Gasteiger partial charge in [-0.2, -0.15) is 0 Å². The molecule has 0 heterocycles. The average molecular weight is 202 g/mol. The Morgan fingerprint density at radius 2 is 1.93 bits per heavy atom. The van der Waals surface area contributed by atoms with Crippen molar-refractivity contribution in [1.29, 1.82) is 0 Å². The summed E-state index contributed by atoms with van der Waals surface area (Å²) in [6.45, 7) is 5.71. The van der Waals surface area contributed by atoms with Gasteiger partial charge in [-0.05, 0) is 19.3 Å². The van der Waals surface area contributed by atoms with E-state index in [-0.39, 0.29) is 12.5 Å². The van der Waals surface area contributed by atoms with E-state index in [2.05, 4.69) is 5.32 Å². The van der Waals surface area contributed by atoms with Gasteiger partial charge in [-0.1, -0.05) is 20.8 Å².